The van der Waals surface area contributed by atoms with Crippen LogP contribution in [-0.2, 0) is 9.53 Å². The Balaban J connectivity index is 2.33. The van der Waals surface area contributed by atoms with E-state index in [9.17, 15) is 4.79 Å². The molecule has 0 aliphatic carbocycles. The summed E-state index contributed by atoms with van der Waals surface area (Å²) in [5, 5.41) is 0. The number of rotatable bonds is 2. The predicted molar refractivity (Wildman–Crippen MR) is 61.6 cm³/mol. The zero-order valence-electron chi connectivity index (χ0n) is 8.37. The van der Waals surface area contributed by atoms with Crippen LogP contribution in [0.2, 0.25) is 0 Å². The normalized spacial score (nSPS) is 20.8. The van der Waals surface area contributed by atoms with Crippen LogP contribution in [-0.4, -0.2) is 12.9 Å². The van der Waals surface area contributed by atoms with Crippen LogP contribution in [0.1, 0.15) is 18.6 Å². The first-order chi connectivity index (χ1) is 7.22. The molecule has 0 N–H and O–H groups in total. The summed E-state index contributed by atoms with van der Waals surface area (Å²) in [4.78, 5) is 10.9. The van der Waals surface area contributed by atoms with Crippen molar-refractivity contribution in [2.75, 3.05) is 6.61 Å². The Labute approximate surface area is 97.1 Å². The highest BCUT2D eigenvalue weighted by Gasteiger charge is 2.24. The van der Waals surface area contributed by atoms with Crippen molar-refractivity contribution in [2.45, 2.75) is 13.0 Å². The number of benzene rings is 1. The Morgan fingerprint density at radius 3 is 2.67 bits per heavy atom. The minimum atomic E-state index is -0.185. The Morgan fingerprint density at radius 2 is 2.07 bits per heavy atom. The van der Waals surface area contributed by atoms with E-state index < -0.39 is 0 Å². The van der Waals surface area contributed by atoms with Crippen molar-refractivity contribution in [3.8, 4) is 0 Å². The lowest BCUT2D eigenvalue weighted by Crippen LogP contribution is -2.01. The van der Waals surface area contributed by atoms with Gasteiger partial charge >= 0.3 is 0 Å². The van der Waals surface area contributed by atoms with Crippen molar-refractivity contribution in [1.29, 1.82) is 0 Å². The molecule has 78 valence electrons. The van der Waals surface area contributed by atoms with E-state index in [1.54, 1.807) is 0 Å². The third kappa shape index (κ3) is 2.03. The molecule has 1 aromatic carbocycles. The molecule has 0 amide bonds. The zero-order chi connectivity index (χ0) is 10.8. The standard InChI is InChI=1S/C12H11BrO2/c1-8-7-15-12(11(8)6-14)9-2-4-10(13)5-3-9/h2-6,12H,7H2,1H3/t12-/m1/s1. The molecule has 0 saturated heterocycles. The van der Waals surface area contributed by atoms with Gasteiger partial charge in [-0.3, -0.25) is 4.79 Å². The third-order valence-electron chi connectivity index (χ3n) is 2.54. The third-order valence-corrected chi connectivity index (χ3v) is 3.07. The van der Waals surface area contributed by atoms with Crippen molar-refractivity contribution >= 4 is 22.2 Å². The van der Waals surface area contributed by atoms with E-state index in [0.717, 1.165) is 27.5 Å². The van der Waals surface area contributed by atoms with Gasteiger partial charge < -0.3 is 4.74 Å². The van der Waals surface area contributed by atoms with Gasteiger partial charge in [-0.25, -0.2) is 0 Å². The number of hydrogen-bond acceptors (Lipinski definition) is 2. The Bertz CT molecular complexity index is 406. The average Bonchev–Trinajstić information content (AvgIpc) is 2.61. The summed E-state index contributed by atoms with van der Waals surface area (Å²) in [6.07, 6.45) is 0.713. The fourth-order valence-electron chi connectivity index (χ4n) is 1.68. The summed E-state index contributed by atoms with van der Waals surface area (Å²) >= 11 is 3.38. The fraction of sp³-hybridized carbons (Fsp3) is 0.250. The molecule has 2 nitrogen and oxygen atoms in total. The molecule has 0 radical (unpaired) electrons. The van der Waals surface area contributed by atoms with Crippen LogP contribution in [0.25, 0.3) is 0 Å². The summed E-state index contributed by atoms with van der Waals surface area (Å²) < 4.78 is 6.60. The van der Waals surface area contributed by atoms with Gasteiger partial charge in [-0.15, -0.1) is 0 Å². The lowest BCUT2D eigenvalue weighted by atomic mass is 10.0. The average molecular weight is 267 g/mol. The van der Waals surface area contributed by atoms with Crippen LogP contribution in [0.5, 0.6) is 0 Å². The number of aldehydes is 1. The molecule has 1 aliphatic rings. The maximum absolute atomic E-state index is 10.9. The second kappa shape index (κ2) is 4.29. The predicted octanol–water partition coefficient (Wildman–Crippen LogP) is 3.04. The molecule has 1 heterocycles. The number of ether oxygens (including phenoxy) is 1. The smallest absolute Gasteiger partial charge is 0.149 e. The van der Waals surface area contributed by atoms with E-state index in [-0.39, 0.29) is 6.10 Å². The molecule has 15 heavy (non-hydrogen) atoms. The maximum atomic E-state index is 10.9. The SMILES string of the molecule is CC1=C(C=O)[C@@H](c2ccc(Br)cc2)OC1. The second-order valence-corrected chi connectivity index (χ2v) is 4.51. The summed E-state index contributed by atoms with van der Waals surface area (Å²) in [5.41, 5.74) is 2.81. The van der Waals surface area contributed by atoms with E-state index in [1.807, 2.05) is 31.2 Å². The largest absolute Gasteiger partial charge is 0.364 e. The first kappa shape index (κ1) is 10.6. The van der Waals surface area contributed by atoms with Crippen LogP contribution in [0.3, 0.4) is 0 Å². The van der Waals surface area contributed by atoms with Gasteiger partial charge in [0.05, 0.1) is 6.61 Å². The van der Waals surface area contributed by atoms with Crippen LogP contribution < -0.4 is 0 Å². The molecule has 1 aromatic rings. The molecule has 3 heteroatoms. The van der Waals surface area contributed by atoms with E-state index in [4.69, 9.17) is 4.74 Å². The van der Waals surface area contributed by atoms with E-state index in [2.05, 4.69) is 15.9 Å². The van der Waals surface area contributed by atoms with Gasteiger partial charge in [0.2, 0.25) is 0 Å². The minimum Gasteiger partial charge on any atom is -0.364 e. The topological polar surface area (TPSA) is 26.3 Å². The van der Waals surface area contributed by atoms with Crippen LogP contribution in [0.15, 0.2) is 39.9 Å². The molecule has 0 unspecified atom stereocenters. The highest BCUT2D eigenvalue weighted by molar-refractivity contribution is 9.10. The lowest BCUT2D eigenvalue weighted by molar-refractivity contribution is -0.105. The van der Waals surface area contributed by atoms with Crippen molar-refractivity contribution in [3.05, 3.63) is 45.4 Å². The van der Waals surface area contributed by atoms with Crippen molar-refractivity contribution in [2.24, 2.45) is 0 Å². The fourth-order valence-corrected chi connectivity index (χ4v) is 1.95. The quantitative estimate of drug-likeness (QED) is 0.770. The van der Waals surface area contributed by atoms with Gasteiger partial charge in [0.1, 0.15) is 12.4 Å². The number of hydrogen-bond donors (Lipinski definition) is 0. The lowest BCUT2D eigenvalue weighted by Gasteiger charge is -2.11. The number of carbonyl (C=O) groups is 1. The van der Waals surface area contributed by atoms with Crippen LogP contribution in [0, 0.1) is 0 Å². The molecule has 1 aliphatic heterocycles. The molecule has 0 aromatic heterocycles. The van der Waals surface area contributed by atoms with Crippen molar-refractivity contribution in [3.63, 3.8) is 0 Å². The van der Waals surface area contributed by atoms with Crippen LogP contribution >= 0.6 is 15.9 Å². The van der Waals surface area contributed by atoms with Gasteiger partial charge in [-0.1, -0.05) is 28.1 Å². The first-order valence-electron chi connectivity index (χ1n) is 4.74. The Morgan fingerprint density at radius 1 is 1.40 bits per heavy atom. The molecule has 0 saturated carbocycles. The van der Waals surface area contributed by atoms with E-state index in [0.29, 0.717) is 6.61 Å². The molecular formula is C12H11BrO2. The van der Waals surface area contributed by atoms with Gasteiger partial charge in [0, 0.05) is 10.0 Å². The van der Waals surface area contributed by atoms with Gasteiger partial charge in [0.15, 0.2) is 0 Å². The Hall–Kier alpha value is -0.930. The Kier molecular flexibility index (Phi) is 3.03. The van der Waals surface area contributed by atoms with Crippen LogP contribution in [0.4, 0.5) is 0 Å². The zero-order valence-corrected chi connectivity index (χ0v) is 9.95. The van der Waals surface area contributed by atoms with E-state index >= 15 is 0 Å². The molecule has 1 atom stereocenters. The summed E-state index contributed by atoms with van der Waals surface area (Å²) in [6, 6.07) is 7.84. The summed E-state index contributed by atoms with van der Waals surface area (Å²) in [7, 11) is 0. The van der Waals surface area contributed by atoms with Gasteiger partial charge in [-0.2, -0.15) is 0 Å². The van der Waals surface area contributed by atoms with Gasteiger partial charge in [-0.05, 0) is 30.2 Å². The maximum Gasteiger partial charge on any atom is 0.149 e. The number of carbonyl (C=O) groups excluding carboxylic acids is 1. The first-order valence-corrected chi connectivity index (χ1v) is 5.53. The summed E-state index contributed by atoms with van der Waals surface area (Å²) in [6.45, 7) is 2.48. The van der Waals surface area contributed by atoms with E-state index in [1.165, 1.54) is 0 Å². The van der Waals surface area contributed by atoms with Crippen molar-refractivity contribution < 1.29 is 9.53 Å². The highest BCUT2D eigenvalue weighted by atomic mass is 79.9. The van der Waals surface area contributed by atoms with Crippen molar-refractivity contribution in [1.82, 2.24) is 0 Å². The minimum absolute atomic E-state index is 0.185. The molecule has 2 rings (SSSR count). The molecule has 0 spiro atoms. The van der Waals surface area contributed by atoms with Gasteiger partial charge in [0.25, 0.3) is 0 Å². The molecule has 0 fully saturated rings. The molecular weight excluding hydrogens is 256 g/mol. The second-order valence-electron chi connectivity index (χ2n) is 3.60. The molecule has 0 bridgehead atoms. The summed E-state index contributed by atoms with van der Waals surface area (Å²) in [5.74, 6) is 0. The monoisotopic (exact) mass is 266 g/mol. The number of halogens is 1. The highest BCUT2D eigenvalue weighted by Crippen LogP contribution is 2.33.